The van der Waals surface area contributed by atoms with Crippen molar-refractivity contribution in [3.8, 4) is 22.9 Å². The first-order chi connectivity index (χ1) is 15.5. The summed E-state index contributed by atoms with van der Waals surface area (Å²) in [7, 11) is 3.11. The molecule has 4 rings (SSSR count). The molecule has 0 bridgehead atoms. The molecule has 0 aliphatic carbocycles. The quantitative estimate of drug-likeness (QED) is 0.323. The van der Waals surface area contributed by atoms with Gasteiger partial charge < -0.3 is 19.6 Å². The van der Waals surface area contributed by atoms with Gasteiger partial charge in [0.05, 0.1) is 36.4 Å². The summed E-state index contributed by atoms with van der Waals surface area (Å²) in [5.74, 6) is 0.447. The van der Waals surface area contributed by atoms with Gasteiger partial charge in [0.2, 0.25) is 0 Å². The highest BCUT2D eigenvalue weighted by molar-refractivity contribution is 6.07. The molecule has 0 aliphatic rings. The maximum absolute atomic E-state index is 12.6. The molecule has 32 heavy (non-hydrogen) atoms. The molecular formula is C25H20N2O5. The van der Waals surface area contributed by atoms with Crippen LogP contribution in [0.2, 0.25) is 0 Å². The molecular weight excluding hydrogens is 408 g/mol. The van der Waals surface area contributed by atoms with Crippen LogP contribution in [0.1, 0.15) is 26.3 Å². The highest BCUT2D eigenvalue weighted by Crippen LogP contribution is 2.36. The molecule has 2 N–H and O–H groups in total. The summed E-state index contributed by atoms with van der Waals surface area (Å²) in [6, 6.07) is 17.1. The standard InChI is InChI=1S/C25H20N2O5/c1-31-22-14-23(32-2)18(24-26-19-5-3-4-6-20(19)27-24)13-17(22)11-12-21(28)15-7-9-16(10-8-15)25(29)30/h3-14H,1-2H3,(H,26,27)(H,29,30). The Hall–Kier alpha value is -4.39. The predicted molar refractivity (Wildman–Crippen MR) is 121 cm³/mol. The van der Waals surface area contributed by atoms with Crippen LogP contribution in [0.4, 0.5) is 0 Å². The number of hydrogen-bond acceptors (Lipinski definition) is 5. The van der Waals surface area contributed by atoms with Crippen LogP contribution in [-0.2, 0) is 0 Å². The van der Waals surface area contributed by atoms with Crippen molar-refractivity contribution in [2.24, 2.45) is 0 Å². The Morgan fingerprint density at radius 1 is 0.938 bits per heavy atom. The van der Waals surface area contributed by atoms with Crippen LogP contribution >= 0.6 is 0 Å². The number of methoxy groups -OCH3 is 2. The van der Waals surface area contributed by atoms with Crippen LogP contribution in [-0.4, -0.2) is 41.0 Å². The number of benzene rings is 3. The second-order valence-corrected chi connectivity index (χ2v) is 6.98. The minimum Gasteiger partial charge on any atom is -0.496 e. The zero-order valence-electron chi connectivity index (χ0n) is 17.5. The number of carboxylic acids is 1. The molecule has 4 aromatic rings. The third kappa shape index (κ3) is 4.09. The number of rotatable bonds is 7. The van der Waals surface area contributed by atoms with E-state index in [1.54, 1.807) is 26.4 Å². The molecule has 7 nitrogen and oxygen atoms in total. The molecule has 0 fully saturated rings. The Morgan fingerprint density at radius 3 is 2.28 bits per heavy atom. The normalized spacial score (nSPS) is 11.1. The average molecular weight is 428 g/mol. The topological polar surface area (TPSA) is 102 Å². The fraction of sp³-hybridized carbons (Fsp3) is 0.0800. The van der Waals surface area contributed by atoms with Crippen LogP contribution in [0, 0.1) is 0 Å². The summed E-state index contributed by atoms with van der Waals surface area (Å²) in [6.07, 6.45) is 3.07. The lowest BCUT2D eigenvalue weighted by Crippen LogP contribution is -1.99. The monoisotopic (exact) mass is 428 g/mol. The molecule has 0 unspecified atom stereocenters. The van der Waals surface area contributed by atoms with Gasteiger partial charge in [0.15, 0.2) is 5.78 Å². The van der Waals surface area contributed by atoms with Gasteiger partial charge in [0.25, 0.3) is 0 Å². The fourth-order valence-corrected chi connectivity index (χ4v) is 3.36. The number of aromatic carboxylic acids is 1. The van der Waals surface area contributed by atoms with E-state index in [1.165, 1.54) is 30.3 Å². The number of ketones is 1. The Balaban J connectivity index is 1.70. The average Bonchev–Trinajstić information content (AvgIpc) is 3.26. The molecule has 0 saturated carbocycles. The summed E-state index contributed by atoms with van der Waals surface area (Å²) < 4.78 is 11.0. The van der Waals surface area contributed by atoms with Gasteiger partial charge >= 0.3 is 5.97 Å². The number of ether oxygens (including phenoxy) is 2. The third-order valence-corrected chi connectivity index (χ3v) is 5.03. The number of aromatic amines is 1. The fourth-order valence-electron chi connectivity index (χ4n) is 3.36. The number of carbonyl (C=O) groups is 2. The molecule has 0 radical (unpaired) electrons. The van der Waals surface area contributed by atoms with Crippen molar-refractivity contribution in [2.75, 3.05) is 14.2 Å². The smallest absolute Gasteiger partial charge is 0.335 e. The Kier molecular flexibility index (Phi) is 5.72. The lowest BCUT2D eigenvalue weighted by atomic mass is 10.0. The molecule has 0 atom stereocenters. The molecule has 160 valence electrons. The maximum atomic E-state index is 12.6. The number of para-hydroxylation sites is 2. The van der Waals surface area contributed by atoms with Gasteiger partial charge in [0, 0.05) is 17.2 Å². The van der Waals surface area contributed by atoms with Crippen molar-refractivity contribution < 1.29 is 24.2 Å². The summed E-state index contributed by atoms with van der Waals surface area (Å²) >= 11 is 0. The minimum atomic E-state index is -1.04. The second-order valence-electron chi connectivity index (χ2n) is 6.98. The summed E-state index contributed by atoms with van der Waals surface area (Å²) in [5, 5.41) is 9.00. The molecule has 0 aliphatic heterocycles. The summed E-state index contributed by atoms with van der Waals surface area (Å²) in [6.45, 7) is 0. The number of H-pyrrole nitrogens is 1. The van der Waals surface area contributed by atoms with Crippen molar-refractivity contribution in [1.82, 2.24) is 9.97 Å². The summed E-state index contributed by atoms with van der Waals surface area (Å²) in [5.41, 5.74) is 3.63. The van der Waals surface area contributed by atoms with E-state index in [0.29, 0.717) is 28.5 Å². The molecule has 0 saturated heterocycles. The van der Waals surface area contributed by atoms with E-state index < -0.39 is 5.97 Å². The van der Waals surface area contributed by atoms with E-state index in [4.69, 9.17) is 14.6 Å². The van der Waals surface area contributed by atoms with Crippen molar-refractivity contribution in [2.45, 2.75) is 0 Å². The lowest BCUT2D eigenvalue weighted by Gasteiger charge is -2.12. The number of hydrogen-bond donors (Lipinski definition) is 2. The highest BCUT2D eigenvalue weighted by atomic mass is 16.5. The van der Waals surface area contributed by atoms with Gasteiger partial charge in [0.1, 0.15) is 17.3 Å². The third-order valence-electron chi connectivity index (χ3n) is 5.03. The minimum absolute atomic E-state index is 0.123. The van der Waals surface area contributed by atoms with Crippen molar-refractivity contribution >= 4 is 28.9 Å². The first-order valence-corrected chi connectivity index (χ1v) is 9.77. The van der Waals surface area contributed by atoms with Crippen LogP contribution in [0.3, 0.4) is 0 Å². The number of allylic oxidation sites excluding steroid dienone is 1. The molecule has 0 spiro atoms. The Bertz CT molecular complexity index is 1300. The van der Waals surface area contributed by atoms with Crippen molar-refractivity contribution in [3.63, 3.8) is 0 Å². The lowest BCUT2D eigenvalue weighted by molar-refractivity contribution is 0.0696. The van der Waals surface area contributed by atoms with Gasteiger partial charge in [-0.3, -0.25) is 4.79 Å². The van der Waals surface area contributed by atoms with Crippen LogP contribution in [0.15, 0.2) is 66.7 Å². The van der Waals surface area contributed by atoms with E-state index in [2.05, 4.69) is 9.97 Å². The first kappa shape index (κ1) is 20.9. The zero-order chi connectivity index (χ0) is 22.7. The number of aromatic nitrogens is 2. The van der Waals surface area contributed by atoms with Gasteiger partial charge in [-0.05, 0) is 42.5 Å². The predicted octanol–water partition coefficient (Wildman–Crippen LogP) is 4.84. The van der Waals surface area contributed by atoms with Crippen LogP contribution < -0.4 is 9.47 Å². The Labute approximate surface area is 184 Å². The number of nitrogens with one attached hydrogen (secondary N) is 1. The summed E-state index contributed by atoms with van der Waals surface area (Å²) in [4.78, 5) is 31.5. The van der Waals surface area contributed by atoms with Crippen molar-refractivity contribution in [1.29, 1.82) is 0 Å². The first-order valence-electron chi connectivity index (χ1n) is 9.77. The van der Waals surface area contributed by atoms with E-state index in [9.17, 15) is 9.59 Å². The van der Waals surface area contributed by atoms with Crippen molar-refractivity contribution in [3.05, 3.63) is 83.4 Å². The number of carbonyl (C=O) groups excluding carboxylic acids is 1. The molecule has 7 heteroatoms. The SMILES string of the molecule is COc1cc(OC)c(-c2nc3ccccc3[nH]2)cc1C=CC(=O)c1ccc(C(=O)O)cc1. The van der Waals surface area contributed by atoms with Gasteiger partial charge in [-0.15, -0.1) is 0 Å². The van der Waals surface area contributed by atoms with Gasteiger partial charge in [-0.2, -0.15) is 0 Å². The zero-order valence-corrected chi connectivity index (χ0v) is 17.5. The Morgan fingerprint density at radius 2 is 1.62 bits per heavy atom. The molecule has 1 heterocycles. The number of carboxylic acid groups (broad SMARTS) is 1. The van der Waals surface area contributed by atoms with E-state index in [-0.39, 0.29) is 11.3 Å². The molecule has 3 aromatic carbocycles. The maximum Gasteiger partial charge on any atom is 0.335 e. The molecule has 1 aromatic heterocycles. The van der Waals surface area contributed by atoms with E-state index in [1.807, 2.05) is 30.3 Å². The van der Waals surface area contributed by atoms with Crippen LogP contribution in [0.25, 0.3) is 28.5 Å². The van der Waals surface area contributed by atoms with E-state index >= 15 is 0 Å². The highest BCUT2D eigenvalue weighted by Gasteiger charge is 2.15. The second kappa shape index (κ2) is 8.77. The largest absolute Gasteiger partial charge is 0.496 e. The van der Waals surface area contributed by atoms with Gasteiger partial charge in [-0.1, -0.05) is 24.3 Å². The van der Waals surface area contributed by atoms with E-state index in [0.717, 1.165) is 16.6 Å². The van der Waals surface area contributed by atoms with Crippen LogP contribution in [0.5, 0.6) is 11.5 Å². The number of fused-ring (bicyclic) bond motifs is 1. The van der Waals surface area contributed by atoms with Gasteiger partial charge in [-0.25, -0.2) is 9.78 Å². The number of nitrogens with zero attached hydrogens (tertiary/aromatic N) is 1. The number of imidazole rings is 1. The molecule has 0 amide bonds.